The Morgan fingerprint density at radius 3 is 2.81 bits per heavy atom. The van der Waals surface area contributed by atoms with Crippen LogP contribution in [0.15, 0.2) is 18.2 Å². The van der Waals surface area contributed by atoms with Crippen molar-refractivity contribution in [1.29, 1.82) is 0 Å². The molecule has 1 atom stereocenters. The van der Waals surface area contributed by atoms with E-state index in [0.29, 0.717) is 11.4 Å². The number of rotatable bonds is 1. The first-order valence-electron chi connectivity index (χ1n) is 4.82. The highest BCUT2D eigenvalue weighted by molar-refractivity contribution is 6.00. The average molecular weight is 221 g/mol. The number of anilines is 1. The fraction of sp³-hybridized carbons (Fsp3) is 0.273. The molecule has 1 aromatic carbocycles. The number of likely N-dealkylation sites (N-methyl/N-ethyl adjacent to an activating group) is 1. The highest BCUT2D eigenvalue weighted by Gasteiger charge is 2.29. The molecular formula is C11H11NO4. The highest BCUT2D eigenvalue weighted by atomic mass is 16.5. The van der Waals surface area contributed by atoms with Gasteiger partial charge in [-0.1, -0.05) is 0 Å². The van der Waals surface area contributed by atoms with Gasteiger partial charge >= 0.3 is 5.97 Å². The Kier molecular flexibility index (Phi) is 2.30. The third kappa shape index (κ3) is 1.50. The predicted molar refractivity (Wildman–Crippen MR) is 56.9 cm³/mol. The fourth-order valence-corrected chi connectivity index (χ4v) is 1.64. The topological polar surface area (TPSA) is 66.8 Å². The van der Waals surface area contributed by atoms with Crippen molar-refractivity contribution < 1.29 is 19.4 Å². The van der Waals surface area contributed by atoms with E-state index in [2.05, 4.69) is 0 Å². The van der Waals surface area contributed by atoms with Crippen molar-refractivity contribution in [3.8, 4) is 5.75 Å². The molecule has 1 aromatic rings. The highest BCUT2D eigenvalue weighted by Crippen LogP contribution is 2.33. The van der Waals surface area contributed by atoms with Gasteiger partial charge in [-0.25, -0.2) is 4.79 Å². The van der Waals surface area contributed by atoms with E-state index in [0.717, 1.165) is 0 Å². The molecule has 2 rings (SSSR count). The molecule has 0 bridgehead atoms. The second kappa shape index (κ2) is 3.52. The first-order valence-corrected chi connectivity index (χ1v) is 4.82. The minimum atomic E-state index is -1.03. The number of aromatic carboxylic acids is 1. The van der Waals surface area contributed by atoms with Crippen molar-refractivity contribution in [3.63, 3.8) is 0 Å². The minimum Gasteiger partial charge on any atom is -0.479 e. The predicted octanol–water partition coefficient (Wildman–Crippen LogP) is 1.13. The minimum absolute atomic E-state index is 0.136. The van der Waals surface area contributed by atoms with Crippen LogP contribution in [0.1, 0.15) is 17.3 Å². The van der Waals surface area contributed by atoms with E-state index >= 15 is 0 Å². The molecule has 1 N–H and O–H groups in total. The van der Waals surface area contributed by atoms with Crippen molar-refractivity contribution in [2.45, 2.75) is 13.0 Å². The number of carboxylic acids is 1. The van der Waals surface area contributed by atoms with Gasteiger partial charge in [0.1, 0.15) is 5.75 Å². The Morgan fingerprint density at radius 2 is 2.19 bits per heavy atom. The van der Waals surface area contributed by atoms with E-state index in [1.807, 2.05) is 0 Å². The summed E-state index contributed by atoms with van der Waals surface area (Å²) >= 11 is 0. The summed E-state index contributed by atoms with van der Waals surface area (Å²) in [5.74, 6) is -0.683. The molecule has 1 aliphatic heterocycles. The number of benzene rings is 1. The normalized spacial score (nSPS) is 19.0. The van der Waals surface area contributed by atoms with Crippen molar-refractivity contribution in [1.82, 2.24) is 0 Å². The number of carbonyl (C=O) groups excluding carboxylic acids is 1. The third-order valence-corrected chi connectivity index (χ3v) is 2.55. The number of amides is 1. The maximum absolute atomic E-state index is 11.6. The summed E-state index contributed by atoms with van der Waals surface area (Å²) in [5.41, 5.74) is 0.625. The van der Waals surface area contributed by atoms with E-state index in [1.54, 1.807) is 20.0 Å². The monoisotopic (exact) mass is 221 g/mol. The van der Waals surface area contributed by atoms with Crippen molar-refractivity contribution >= 4 is 17.6 Å². The molecule has 5 nitrogen and oxygen atoms in total. The molecule has 0 spiro atoms. The van der Waals surface area contributed by atoms with E-state index in [4.69, 9.17) is 9.84 Å². The Morgan fingerprint density at radius 1 is 1.50 bits per heavy atom. The maximum Gasteiger partial charge on any atom is 0.335 e. The van der Waals surface area contributed by atoms with Gasteiger partial charge in [-0.15, -0.1) is 0 Å². The van der Waals surface area contributed by atoms with Crippen molar-refractivity contribution in [2.24, 2.45) is 0 Å². The van der Waals surface area contributed by atoms with Gasteiger partial charge in [-0.3, -0.25) is 4.79 Å². The largest absolute Gasteiger partial charge is 0.479 e. The van der Waals surface area contributed by atoms with Gasteiger partial charge < -0.3 is 14.7 Å². The van der Waals surface area contributed by atoms with Gasteiger partial charge in [0, 0.05) is 7.05 Å². The van der Waals surface area contributed by atoms with Gasteiger partial charge in [0.15, 0.2) is 6.10 Å². The number of ether oxygens (including phenoxy) is 1. The molecule has 0 aromatic heterocycles. The molecule has 1 heterocycles. The molecule has 0 saturated heterocycles. The molecule has 0 radical (unpaired) electrons. The van der Waals surface area contributed by atoms with Crippen LogP contribution in [0, 0.1) is 0 Å². The lowest BCUT2D eigenvalue weighted by Crippen LogP contribution is -2.42. The van der Waals surface area contributed by atoms with Crippen LogP contribution in [0.25, 0.3) is 0 Å². The quantitative estimate of drug-likeness (QED) is 0.771. The Balaban J connectivity index is 2.50. The molecular weight excluding hydrogens is 210 g/mol. The lowest BCUT2D eigenvalue weighted by atomic mass is 10.1. The SMILES string of the molecule is C[C@@H]1Oc2ccc(C(=O)O)cc2N(C)C1=O. The first kappa shape index (κ1) is 10.5. The Labute approximate surface area is 92.2 Å². The molecule has 0 fully saturated rings. The van der Waals surface area contributed by atoms with Crippen LogP contribution in [0.2, 0.25) is 0 Å². The van der Waals surface area contributed by atoms with Crippen LogP contribution < -0.4 is 9.64 Å². The summed E-state index contributed by atoms with van der Waals surface area (Å²) in [6.07, 6.45) is -0.534. The lowest BCUT2D eigenvalue weighted by molar-refractivity contribution is -0.125. The van der Waals surface area contributed by atoms with Crippen LogP contribution >= 0.6 is 0 Å². The zero-order valence-corrected chi connectivity index (χ0v) is 8.93. The van der Waals surface area contributed by atoms with E-state index in [-0.39, 0.29) is 11.5 Å². The van der Waals surface area contributed by atoms with Gasteiger partial charge in [0.05, 0.1) is 11.3 Å². The zero-order valence-electron chi connectivity index (χ0n) is 8.93. The van der Waals surface area contributed by atoms with Crippen molar-refractivity contribution in [2.75, 3.05) is 11.9 Å². The molecule has 1 amide bonds. The number of fused-ring (bicyclic) bond motifs is 1. The number of carboxylic acid groups (broad SMARTS) is 1. The molecule has 84 valence electrons. The van der Waals surface area contributed by atoms with Crippen LogP contribution in [-0.2, 0) is 4.79 Å². The standard InChI is InChI=1S/C11H11NO4/c1-6-10(13)12(2)8-5-7(11(14)15)3-4-9(8)16-6/h3-6H,1-2H3,(H,14,15)/t6-/m0/s1. The summed E-state index contributed by atoms with van der Waals surface area (Å²) in [6.45, 7) is 1.66. The zero-order chi connectivity index (χ0) is 11.9. The van der Waals surface area contributed by atoms with Gasteiger partial charge in [-0.05, 0) is 25.1 Å². The summed E-state index contributed by atoms with van der Waals surface area (Å²) in [4.78, 5) is 23.8. The molecule has 1 aliphatic rings. The second-order valence-electron chi connectivity index (χ2n) is 3.64. The smallest absolute Gasteiger partial charge is 0.335 e. The summed E-state index contributed by atoms with van der Waals surface area (Å²) in [6, 6.07) is 4.46. The molecule has 0 unspecified atom stereocenters. The van der Waals surface area contributed by atoms with Gasteiger partial charge in [-0.2, -0.15) is 0 Å². The van der Waals surface area contributed by atoms with Crippen LogP contribution in [0.5, 0.6) is 5.75 Å². The molecule has 0 aliphatic carbocycles. The Hall–Kier alpha value is -2.04. The number of carbonyl (C=O) groups is 2. The summed E-state index contributed by atoms with van der Waals surface area (Å²) < 4.78 is 5.37. The van der Waals surface area contributed by atoms with Crippen LogP contribution in [-0.4, -0.2) is 30.1 Å². The van der Waals surface area contributed by atoms with E-state index in [9.17, 15) is 9.59 Å². The number of hydrogen-bond acceptors (Lipinski definition) is 3. The number of hydrogen-bond donors (Lipinski definition) is 1. The maximum atomic E-state index is 11.6. The first-order chi connectivity index (χ1) is 7.50. The lowest BCUT2D eigenvalue weighted by Gasteiger charge is -2.30. The molecule has 0 saturated carbocycles. The number of nitrogens with zero attached hydrogens (tertiary/aromatic N) is 1. The van der Waals surface area contributed by atoms with Crippen molar-refractivity contribution in [3.05, 3.63) is 23.8 Å². The molecule has 16 heavy (non-hydrogen) atoms. The van der Waals surface area contributed by atoms with Crippen LogP contribution in [0.4, 0.5) is 5.69 Å². The third-order valence-electron chi connectivity index (χ3n) is 2.55. The van der Waals surface area contributed by atoms with Gasteiger partial charge in [0.25, 0.3) is 5.91 Å². The second-order valence-corrected chi connectivity index (χ2v) is 3.64. The summed E-state index contributed by atoms with van der Waals surface area (Å²) in [7, 11) is 1.60. The van der Waals surface area contributed by atoms with E-state index < -0.39 is 12.1 Å². The Bertz CT molecular complexity index is 469. The van der Waals surface area contributed by atoms with Crippen LogP contribution in [0.3, 0.4) is 0 Å². The average Bonchev–Trinajstić information content (AvgIpc) is 2.25. The molecule has 5 heteroatoms. The summed E-state index contributed by atoms with van der Waals surface area (Å²) in [5, 5.41) is 8.85. The fourth-order valence-electron chi connectivity index (χ4n) is 1.64. The van der Waals surface area contributed by atoms with Gasteiger partial charge in [0.2, 0.25) is 0 Å². The van der Waals surface area contributed by atoms with E-state index in [1.165, 1.54) is 17.0 Å².